The summed E-state index contributed by atoms with van der Waals surface area (Å²) >= 11 is 1.21. The summed E-state index contributed by atoms with van der Waals surface area (Å²) in [6, 6.07) is 11.4. The Morgan fingerprint density at radius 1 is 1.16 bits per heavy atom. The van der Waals surface area contributed by atoms with Crippen molar-refractivity contribution >= 4 is 37.9 Å². The van der Waals surface area contributed by atoms with Crippen LogP contribution in [0.5, 0.6) is 5.75 Å². The highest BCUT2D eigenvalue weighted by Crippen LogP contribution is 2.25. The Labute approximate surface area is 149 Å². The Bertz CT molecular complexity index is 956. The zero-order valence-corrected chi connectivity index (χ0v) is 14.6. The predicted molar refractivity (Wildman–Crippen MR) is 99.2 cm³/mol. The first-order valence-corrected chi connectivity index (χ1v) is 9.64. The summed E-state index contributed by atoms with van der Waals surface area (Å²) in [6.07, 6.45) is 1.53. The maximum Gasteiger partial charge on any atom is 0.263 e. The minimum Gasteiger partial charge on any atom is -0.505 e. The van der Waals surface area contributed by atoms with Crippen molar-refractivity contribution < 1.29 is 13.5 Å². The van der Waals surface area contributed by atoms with E-state index in [9.17, 15) is 13.5 Å². The molecule has 25 heavy (non-hydrogen) atoms. The molecule has 0 aliphatic rings. The Kier molecular flexibility index (Phi) is 4.77. The molecule has 1 aromatic heterocycles. The molecule has 0 radical (unpaired) electrons. The van der Waals surface area contributed by atoms with Crippen LogP contribution in [0.15, 0.2) is 58.9 Å². The summed E-state index contributed by atoms with van der Waals surface area (Å²) in [4.78, 5) is 4.04. The van der Waals surface area contributed by atoms with E-state index in [1.165, 1.54) is 29.7 Å². The van der Waals surface area contributed by atoms with Gasteiger partial charge in [-0.15, -0.1) is 11.3 Å². The molecule has 3 aromatic rings. The second-order valence-electron chi connectivity index (χ2n) is 5.18. The normalized spacial score (nSPS) is 11.2. The molecule has 0 aliphatic carbocycles. The number of sulfonamides is 1. The first-order valence-electron chi connectivity index (χ1n) is 7.28. The number of aromatic hydroxyl groups is 1. The molecule has 9 heteroatoms. The van der Waals surface area contributed by atoms with Gasteiger partial charge in [0.15, 0.2) is 5.13 Å². The number of rotatable bonds is 6. The van der Waals surface area contributed by atoms with E-state index in [-0.39, 0.29) is 10.6 Å². The molecule has 7 nitrogen and oxygen atoms in total. The highest BCUT2D eigenvalue weighted by atomic mass is 32.2. The number of para-hydroxylation sites is 1. The fourth-order valence-electron chi connectivity index (χ4n) is 2.15. The maximum absolute atomic E-state index is 12.3. The van der Waals surface area contributed by atoms with Gasteiger partial charge in [-0.2, -0.15) is 0 Å². The molecular formula is C16H16N4O3S2. The number of hydrogen-bond donors (Lipinski definition) is 4. The summed E-state index contributed by atoms with van der Waals surface area (Å²) in [6.45, 7) is 0.361. The zero-order chi connectivity index (χ0) is 17.9. The number of aromatic nitrogens is 1. The second-order valence-corrected chi connectivity index (χ2v) is 7.75. The SMILES string of the molecule is Nc1cccc(CNc2ccc(S(=O)(=O)Nc3nccs3)cc2)c1O. The third kappa shape index (κ3) is 4.01. The smallest absolute Gasteiger partial charge is 0.263 e. The Hall–Kier alpha value is -2.78. The van der Waals surface area contributed by atoms with Crippen molar-refractivity contribution in [3.8, 4) is 5.75 Å². The van der Waals surface area contributed by atoms with Gasteiger partial charge in [0.2, 0.25) is 0 Å². The number of phenolic OH excluding ortho intramolecular Hbond substituents is 1. The van der Waals surface area contributed by atoms with Crippen molar-refractivity contribution in [3.05, 3.63) is 59.6 Å². The molecule has 0 saturated heterocycles. The molecule has 0 spiro atoms. The van der Waals surface area contributed by atoms with E-state index in [1.807, 2.05) is 0 Å². The van der Waals surface area contributed by atoms with Crippen LogP contribution in [0.2, 0.25) is 0 Å². The molecule has 0 saturated carbocycles. The van der Waals surface area contributed by atoms with Gasteiger partial charge in [0.1, 0.15) is 5.75 Å². The van der Waals surface area contributed by atoms with E-state index < -0.39 is 10.0 Å². The van der Waals surface area contributed by atoms with E-state index in [0.29, 0.717) is 22.9 Å². The average molecular weight is 376 g/mol. The predicted octanol–water partition coefficient (Wildman–Crippen LogP) is 2.84. The second kappa shape index (κ2) is 6.99. The zero-order valence-electron chi connectivity index (χ0n) is 13.0. The molecule has 130 valence electrons. The third-order valence-electron chi connectivity index (χ3n) is 3.45. The third-order valence-corrected chi connectivity index (χ3v) is 5.62. The Morgan fingerprint density at radius 3 is 2.60 bits per heavy atom. The highest BCUT2D eigenvalue weighted by Gasteiger charge is 2.15. The summed E-state index contributed by atoms with van der Waals surface area (Å²) < 4.78 is 26.9. The van der Waals surface area contributed by atoms with Gasteiger partial charge < -0.3 is 16.2 Å². The van der Waals surface area contributed by atoms with Crippen molar-refractivity contribution in [3.63, 3.8) is 0 Å². The number of benzene rings is 2. The van der Waals surface area contributed by atoms with Gasteiger partial charge in [-0.05, 0) is 30.3 Å². The van der Waals surface area contributed by atoms with Gasteiger partial charge in [0.25, 0.3) is 10.0 Å². The van der Waals surface area contributed by atoms with Crippen LogP contribution in [0.3, 0.4) is 0 Å². The molecule has 0 aliphatic heterocycles. The lowest BCUT2D eigenvalue weighted by atomic mass is 10.1. The largest absolute Gasteiger partial charge is 0.505 e. The van der Waals surface area contributed by atoms with E-state index in [0.717, 1.165) is 5.69 Å². The monoisotopic (exact) mass is 376 g/mol. The summed E-state index contributed by atoms with van der Waals surface area (Å²) in [5.74, 6) is 0.0434. The first-order chi connectivity index (χ1) is 12.0. The fraction of sp³-hybridized carbons (Fsp3) is 0.0625. The van der Waals surface area contributed by atoms with Crippen molar-refractivity contribution in [2.45, 2.75) is 11.4 Å². The summed E-state index contributed by atoms with van der Waals surface area (Å²) in [5.41, 5.74) is 7.34. The number of thiazole rings is 1. The van der Waals surface area contributed by atoms with Crippen LogP contribution in [-0.2, 0) is 16.6 Å². The van der Waals surface area contributed by atoms with E-state index >= 15 is 0 Å². The number of nitrogens with zero attached hydrogens (tertiary/aromatic N) is 1. The van der Waals surface area contributed by atoms with E-state index in [1.54, 1.807) is 35.7 Å². The molecule has 5 N–H and O–H groups in total. The maximum atomic E-state index is 12.3. The van der Waals surface area contributed by atoms with Gasteiger partial charge in [-0.3, -0.25) is 4.72 Å². The lowest BCUT2D eigenvalue weighted by Crippen LogP contribution is -2.12. The molecule has 2 aromatic carbocycles. The molecule has 0 unspecified atom stereocenters. The topological polar surface area (TPSA) is 117 Å². The fourth-order valence-corrected chi connectivity index (χ4v) is 3.94. The van der Waals surface area contributed by atoms with Gasteiger partial charge in [0.05, 0.1) is 10.6 Å². The van der Waals surface area contributed by atoms with Gasteiger partial charge >= 0.3 is 0 Å². The van der Waals surface area contributed by atoms with Crippen molar-refractivity contribution in [1.29, 1.82) is 0 Å². The van der Waals surface area contributed by atoms with Crippen LogP contribution in [0.4, 0.5) is 16.5 Å². The Balaban J connectivity index is 1.69. The van der Waals surface area contributed by atoms with Gasteiger partial charge in [-0.25, -0.2) is 13.4 Å². The number of nitrogen functional groups attached to an aromatic ring is 1. The Morgan fingerprint density at radius 2 is 1.92 bits per heavy atom. The first kappa shape index (κ1) is 17.1. The lowest BCUT2D eigenvalue weighted by Gasteiger charge is -2.10. The van der Waals surface area contributed by atoms with Crippen LogP contribution in [0, 0.1) is 0 Å². The van der Waals surface area contributed by atoms with Gasteiger partial charge in [-0.1, -0.05) is 12.1 Å². The summed E-state index contributed by atoms with van der Waals surface area (Å²) in [7, 11) is -3.67. The number of phenols is 1. The number of nitrogens with one attached hydrogen (secondary N) is 2. The highest BCUT2D eigenvalue weighted by molar-refractivity contribution is 7.93. The number of nitrogens with two attached hydrogens (primary N) is 1. The minimum atomic E-state index is -3.67. The van der Waals surface area contributed by atoms with Crippen molar-refractivity contribution in [2.24, 2.45) is 0 Å². The van der Waals surface area contributed by atoms with Crippen LogP contribution >= 0.6 is 11.3 Å². The van der Waals surface area contributed by atoms with Crippen LogP contribution < -0.4 is 15.8 Å². The standard InChI is InChI=1S/C16H16N4O3S2/c17-14-3-1-2-11(15(14)21)10-19-12-4-6-13(7-5-12)25(22,23)20-16-18-8-9-24-16/h1-9,19,21H,10,17H2,(H,18,20). The van der Waals surface area contributed by atoms with Gasteiger partial charge in [0, 0.05) is 29.4 Å². The molecule has 0 fully saturated rings. The minimum absolute atomic E-state index is 0.0434. The van der Waals surface area contributed by atoms with Crippen LogP contribution in [0.1, 0.15) is 5.56 Å². The molecule has 0 bridgehead atoms. The van der Waals surface area contributed by atoms with Crippen LogP contribution in [-0.4, -0.2) is 18.5 Å². The summed E-state index contributed by atoms with van der Waals surface area (Å²) in [5, 5.41) is 15.0. The van der Waals surface area contributed by atoms with E-state index in [4.69, 9.17) is 5.73 Å². The molecule has 3 rings (SSSR count). The number of anilines is 3. The van der Waals surface area contributed by atoms with Crippen LogP contribution in [0.25, 0.3) is 0 Å². The molecule has 0 atom stereocenters. The quantitative estimate of drug-likeness (QED) is 0.388. The van der Waals surface area contributed by atoms with Crippen molar-refractivity contribution in [2.75, 3.05) is 15.8 Å². The molecule has 0 amide bonds. The van der Waals surface area contributed by atoms with E-state index in [2.05, 4.69) is 15.0 Å². The van der Waals surface area contributed by atoms with Crippen molar-refractivity contribution in [1.82, 2.24) is 4.98 Å². The number of hydrogen-bond acceptors (Lipinski definition) is 7. The molecular weight excluding hydrogens is 360 g/mol. The molecule has 1 heterocycles. The average Bonchev–Trinajstić information content (AvgIpc) is 3.09. The lowest BCUT2D eigenvalue weighted by molar-refractivity contribution is 0.472.